The number of hydrogen-bond acceptors (Lipinski definition) is 2. The van der Waals surface area contributed by atoms with Crippen LogP contribution in [0.2, 0.25) is 0 Å². The molecule has 0 atom stereocenters. The zero-order valence-corrected chi connectivity index (χ0v) is 56.2. The Balaban J connectivity index is 0.834. The van der Waals surface area contributed by atoms with E-state index >= 15 is 0 Å². The maximum atomic E-state index is 2.64. The summed E-state index contributed by atoms with van der Waals surface area (Å²) >= 11 is 0. The van der Waals surface area contributed by atoms with E-state index in [-0.39, 0.29) is 10.8 Å². The zero-order chi connectivity index (χ0) is 64.1. The molecule has 0 aromatic heterocycles. The van der Waals surface area contributed by atoms with Crippen molar-refractivity contribution < 1.29 is 0 Å². The second-order valence-corrected chi connectivity index (χ2v) is 35.3. The van der Waals surface area contributed by atoms with Crippen molar-refractivity contribution in [1.82, 2.24) is 0 Å². The second kappa shape index (κ2) is 21.2. The van der Waals surface area contributed by atoms with Crippen molar-refractivity contribution in [3.8, 4) is 44.5 Å². The first-order valence-corrected chi connectivity index (χ1v) is 37.9. The molecule has 0 bridgehead atoms. The van der Waals surface area contributed by atoms with E-state index in [0.29, 0.717) is 0 Å². The maximum absolute atomic E-state index is 3.07. The highest BCUT2D eigenvalue weighted by molar-refractivity contribution is 7.22. The van der Waals surface area contributed by atoms with Crippen LogP contribution in [0.1, 0.15) is 49.9 Å². The van der Waals surface area contributed by atoms with E-state index in [1.54, 1.807) is 0 Å². The summed E-state index contributed by atoms with van der Waals surface area (Å²) in [5.41, 5.74) is 22.4. The number of anilines is 6. The van der Waals surface area contributed by atoms with Crippen LogP contribution in [0.3, 0.4) is 0 Å². The van der Waals surface area contributed by atoms with Gasteiger partial charge < -0.3 is 9.80 Å². The fourth-order valence-corrected chi connectivity index (χ4v) is 28.1. The molecule has 454 valence electrons. The molecule has 0 spiro atoms. The third-order valence-electron chi connectivity index (χ3n) is 22.3. The van der Waals surface area contributed by atoms with Gasteiger partial charge in [0.2, 0.25) is 0 Å². The standard InChI is InChI=1S/C92H68N2Si2/c1-91(2)79-41-25-23-39-75(79)77-57-89-85(59-81(77)91)93(83-55-63(61-27-11-5-12-28-61)45-51-87(83)95(89,69-31-15-7-16-32-69)70-33-17-8-18-34-70)67-47-49-73-65(53-67)43-44-66-54-68(48-50-74(66)73)94-84-56-64(62-29-13-6-14-30-62)46-52-88(84)96(71-35-19-9-20-36-71,72-37-21-10-22-38-72)90-58-78-76-40-24-26-42-80(76)92(3,4)82(78)60-86(90)94/h5-60H,1-4H3. The van der Waals surface area contributed by atoms with Gasteiger partial charge in [0, 0.05) is 45.0 Å². The molecule has 0 saturated heterocycles. The van der Waals surface area contributed by atoms with Crippen molar-refractivity contribution in [2.45, 2.75) is 38.5 Å². The minimum atomic E-state index is -3.07. The Morgan fingerprint density at radius 1 is 0.229 bits per heavy atom. The molecule has 4 aliphatic rings. The second-order valence-electron chi connectivity index (χ2n) is 27.9. The third-order valence-corrected chi connectivity index (χ3v) is 32.0. The summed E-state index contributed by atoms with van der Waals surface area (Å²) < 4.78 is 0. The van der Waals surface area contributed by atoms with Crippen LogP contribution < -0.4 is 51.3 Å². The maximum Gasteiger partial charge on any atom is 0.184 e. The van der Waals surface area contributed by atoms with Gasteiger partial charge in [-0.25, -0.2) is 0 Å². The van der Waals surface area contributed by atoms with Crippen molar-refractivity contribution in [3.63, 3.8) is 0 Å². The lowest BCUT2D eigenvalue weighted by Crippen LogP contribution is -2.77. The van der Waals surface area contributed by atoms with Crippen LogP contribution in [0.25, 0.3) is 66.1 Å². The fourth-order valence-electron chi connectivity index (χ4n) is 17.9. The molecule has 15 aromatic rings. The highest BCUT2D eigenvalue weighted by Crippen LogP contribution is 2.54. The lowest BCUT2D eigenvalue weighted by molar-refractivity contribution is 0.660. The molecule has 0 radical (unpaired) electrons. The van der Waals surface area contributed by atoms with Crippen LogP contribution in [0.4, 0.5) is 34.1 Å². The SMILES string of the molecule is CC1(C)c2ccccc2-c2cc3c(cc21)N(c1ccc2c(ccc4cc(N5c6cc(-c7ccccc7)ccc6[Si](c6ccccc6)(c6ccccc6)c6cc7c(cc65)C(C)(C)c5ccccc5-7)ccc42)c1)c1cc(-c2ccccc2)ccc1[Si]3(c1ccccc1)c1ccccc1. The topological polar surface area (TPSA) is 6.48 Å². The summed E-state index contributed by atoms with van der Waals surface area (Å²) in [6.45, 7) is 9.69. The molecule has 15 aromatic carbocycles. The van der Waals surface area contributed by atoms with Crippen LogP contribution in [0.15, 0.2) is 340 Å². The molecular weight excluding hydrogens is 1190 g/mol. The minimum Gasteiger partial charge on any atom is -0.311 e. The third kappa shape index (κ3) is 7.97. The Bertz CT molecular complexity index is 5220. The predicted octanol–water partition coefficient (Wildman–Crippen LogP) is 18.3. The Labute approximate surface area is 564 Å². The summed E-state index contributed by atoms with van der Waals surface area (Å²) in [6.07, 6.45) is 0. The molecule has 2 nitrogen and oxygen atoms in total. The lowest BCUT2D eigenvalue weighted by atomic mass is 9.82. The highest BCUT2D eigenvalue weighted by atomic mass is 28.3. The highest BCUT2D eigenvalue weighted by Gasteiger charge is 2.53. The molecule has 0 unspecified atom stereocenters. The van der Waals surface area contributed by atoms with Crippen LogP contribution in [0.5, 0.6) is 0 Å². The molecule has 2 aliphatic carbocycles. The summed E-state index contributed by atoms with van der Waals surface area (Å²) in [7, 11) is -6.15. The largest absolute Gasteiger partial charge is 0.311 e. The molecule has 0 amide bonds. The lowest BCUT2D eigenvalue weighted by Gasteiger charge is -2.46. The number of benzene rings is 15. The van der Waals surface area contributed by atoms with Crippen LogP contribution in [-0.4, -0.2) is 16.1 Å². The zero-order valence-electron chi connectivity index (χ0n) is 54.2. The summed E-state index contributed by atoms with van der Waals surface area (Å²) in [5, 5.41) is 15.9. The Hall–Kier alpha value is -11.1. The fraction of sp³-hybridized carbons (Fsp3) is 0.0652. The first-order chi connectivity index (χ1) is 47.1. The summed E-state index contributed by atoms with van der Waals surface area (Å²) in [6, 6.07) is 131. The van der Waals surface area contributed by atoms with E-state index in [9.17, 15) is 0 Å². The molecule has 0 fully saturated rings. The van der Waals surface area contributed by atoms with Crippen molar-refractivity contribution in [2.75, 3.05) is 9.80 Å². The number of rotatable bonds is 8. The Kier molecular flexibility index (Phi) is 12.4. The van der Waals surface area contributed by atoms with Gasteiger partial charge in [0.05, 0.1) is 0 Å². The molecule has 2 aliphatic heterocycles. The summed E-state index contributed by atoms with van der Waals surface area (Å²) in [4.78, 5) is 5.28. The smallest absolute Gasteiger partial charge is 0.184 e. The van der Waals surface area contributed by atoms with Gasteiger partial charge in [-0.1, -0.05) is 319 Å². The van der Waals surface area contributed by atoms with E-state index in [1.165, 1.54) is 153 Å². The summed E-state index contributed by atoms with van der Waals surface area (Å²) in [5.74, 6) is 0. The van der Waals surface area contributed by atoms with Gasteiger partial charge in [0.25, 0.3) is 0 Å². The van der Waals surface area contributed by atoms with Crippen LogP contribution >= 0.6 is 0 Å². The van der Waals surface area contributed by atoms with E-state index in [1.807, 2.05) is 0 Å². The monoisotopic (exact) mass is 1260 g/mol. The minimum absolute atomic E-state index is 0.219. The van der Waals surface area contributed by atoms with Gasteiger partial charge in [-0.2, -0.15) is 0 Å². The normalized spacial score (nSPS) is 15.2. The molecule has 4 heteroatoms. The first-order valence-electron chi connectivity index (χ1n) is 33.9. The Morgan fingerprint density at radius 3 is 0.917 bits per heavy atom. The molecule has 19 rings (SSSR count). The quantitative estimate of drug-likeness (QED) is 0.111. The van der Waals surface area contributed by atoms with Gasteiger partial charge >= 0.3 is 0 Å². The molecule has 2 heterocycles. The molecule has 0 saturated carbocycles. The van der Waals surface area contributed by atoms with E-state index in [4.69, 9.17) is 0 Å². The predicted molar refractivity (Wildman–Crippen MR) is 411 cm³/mol. The van der Waals surface area contributed by atoms with Crippen molar-refractivity contribution in [3.05, 3.63) is 362 Å². The molecular formula is C92H68N2Si2. The van der Waals surface area contributed by atoms with Crippen LogP contribution in [-0.2, 0) is 10.8 Å². The number of nitrogens with zero attached hydrogens (tertiary/aromatic N) is 2. The van der Waals surface area contributed by atoms with E-state index in [0.717, 1.165) is 11.4 Å². The first kappa shape index (κ1) is 56.4. The van der Waals surface area contributed by atoms with Crippen molar-refractivity contribution in [1.29, 1.82) is 0 Å². The Morgan fingerprint density at radius 2 is 0.552 bits per heavy atom. The van der Waals surface area contributed by atoms with Gasteiger partial charge in [0.1, 0.15) is 0 Å². The van der Waals surface area contributed by atoms with Gasteiger partial charge in [-0.15, -0.1) is 0 Å². The molecule has 0 N–H and O–H groups in total. The van der Waals surface area contributed by atoms with Crippen LogP contribution in [0, 0.1) is 0 Å². The van der Waals surface area contributed by atoms with Crippen molar-refractivity contribution >= 4 is 113 Å². The number of hydrogen-bond donors (Lipinski definition) is 0. The van der Waals surface area contributed by atoms with E-state index < -0.39 is 16.1 Å². The van der Waals surface area contributed by atoms with E-state index in [2.05, 4.69) is 377 Å². The van der Waals surface area contributed by atoms with Gasteiger partial charge in [-0.3, -0.25) is 0 Å². The van der Waals surface area contributed by atoms with Gasteiger partial charge in [0.15, 0.2) is 16.1 Å². The number of fused-ring (bicyclic) bond motifs is 13. The molecule has 96 heavy (non-hydrogen) atoms. The average molecular weight is 1260 g/mol. The van der Waals surface area contributed by atoms with Crippen molar-refractivity contribution in [2.24, 2.45) is 0 Å². The van der Waals surface area contributed by atoms with Gasteiger partial charge in [-0.05, 0) is 178 Å². The average Bonchev–Trinajstić information content (AvgIpc) is 0.987.